The van der Waals surface area contributed by atoms with Crippen molar-refractivity contribution >= 4 is 28.1 Å². The molecule has 2 aromatic carbocycles. The lowest BCUT2D eigenvalue weighted by atomic mass is 10.2. The minimum absolute atomic E-state index is 0.127. The zero-order chi connectivity index (χ0) is 21.7. The molecule has 0 radical (unpaired) electrons. The van der Waals surface area contributed by atoms with Gasteiger partial charge in [0.1, 0.15) is 16.4 Å². The number of nitrogens with one attached hydrogen (secondary N) is 2. The molecule has 1 heterocycles. The highest BCUT2D eigenvalue weighted by Gasteiger charge is 2.32. The van der Waals surface area contributed by atoms with Crippen LogP contribution in [0, 0.1) is 6.92 Å². The minimum Gasteiger partial charge on any atom is -0.495 e. The van der Waals surface area contributed by atoms with Crippen LogP contribution in [0.4, 0.5) is 24.0 Å². The molecular formula is C20H18F3N3O3S. The molecular weight excluding hydrogens is 419 g/mol. The zero-order valence-electron chi connectivity index (χ0n) is 16.0. The van der Waals surface area contributed by atoms with E-state index in [2.05, 4.69) is 20.4 Å². The Labute approximate surface area is 174 Å². The Kier molecular flexibility index (Phi) is 6.46. The molecule has 10 heteroatoms. The molecule has 0 saturated heterocycles. The van der Waals surface area contributed by atoms with E-state index in [0.717, 1.165) is 11.3 Å². The molecule has 0 spiro atoms. The number of aromatic nitrogens is 1. The topological polar surface area (TPSA) is 72.5 Å². The first-order valence-corrected chi connectivity index (χ1v) is 9.58. The molecule has 30 heavy (non-hydrogen) atoms. The number of aryl methyl sites for hydroxylation is 1. The molecule has 0 aliphatic rings. The van der Waals surface area contributed by atoms with Crippen LogP contribution in [0.1, 0.15) is 20.9 Å². The zero-order valence-corrected chi connectivity index (χ0v) is 16.9. The maximum Gasteiger partial charge on any atom is 0.573 e. The summed E-state index contributed by atoms with van der Waals surface area (Å²) in [6.07, 6.45) is -4.81. The maximum absolute atomic E-state index is 12.6. The Morgan fingerprint density at radius 1 is 1.10 bits per heavy atom. The Hall–Kier alpha value is -3.27. The van der Waals surface area contributed by atoms with Crippen LogP contribution in [0.3, 0.4) is 0 Å². The summed E-state index contributed by atoms with van der Waals surface area (Å²) in [6, 6.07) is 12.9. The number of methoxy groups -OCH3 is 1. The average Bonchev–Trinajstić information content (AvgIpc) is 3.06. The highest BCUT2D eigenvalue weighted by molar-refractivity contribution is 7.17. The number of carbonyl (C=O) groups is 1. The number of para-hydroxylation sites is 3. The van der Waals surface area contributed by atoms with E-state index in [1.54, 1.807) is 26.2 Å². The molecule has 2 N–H and O–H groups in total. The van der Waals surface area contributed by atoms with Crippen molar-refractivity contribution in [2.24, 2.45) is 0 Å². The number of rotatable bonds is 7. The first-order chi connectivity index (χ1) is 14.3. The van der Waals surface area contributed by atoms with Gasteiger partial charge in [0, 0.05) is 12.1 Å². The van der Waals surface area contributed by atoms with Crippen molar-refractivity contribution < 1.29 is 27.4 Å². The third-order valence-electron chi connectivity index (χ3n) is 3.99. The lowest BCUT2D eigenvalue weighted by molar-refractivity contribution is -0.274. The van der Waals surface area contributed by atoms with Gasteiger partial charge in [0.05, 0.1) is 18.5 Å². The van der Waals surface area contributed by atoms with Gasteiger partial charge in [-0.2, -0.15) is 0 Å². The number of alkyl halides is 3. The lowest BCUT2D eigenvalue weighted by Gasteiger charge is -2.13. The highest BCUT2D eigenvalue weighted by Crippen LogP contribution is 2.31. The number of carbonyl (C=O) groups excluding carboxylic acids is 1. The molecule has 1 aromatic heterocycles. The van der Waals surface area contributed by atoms with Crippen LogP contribution in [0.5, 0.6) is 11.5 Å². The fourth-order valence-corrected chi connectivity index (χ4v) is 3.55. The summed E-state index contributed by atoms with van der Waals surface area (Å²) in [5, 5.41) is 6.21. The van der Waals surface area contributed by atoms with Gasteiger partial charge in [-0.15, -0.1) is 13.2 Å². The van der Waals surface area contributed by atoms with E-state index < -0.39 is 12.3 Å². The van der Waals surface area contributed by atoms with Crippen LogP contribution in [0.25, 0.3) is 0 Å². The molecule has 1 amide bonds. The molecule has 0 aliphatic heterocycles. The number of hydrogen-bond donors (Lipinski definition) is 2. The largest absolute Gasteiger partial charge is 0.573 e. The fraction of sp³-hybridized carbons (Fsp3) is 0.200. The van der Waals surface area contributed by atoms with Gasteiger partial charge in [-0.1, -0.05) is 41.7 Å². The molecule has 0 aliphatic carbocycles. The summed E-state index contributed by atoms with van der Waals surface area (Å²) in [7, 11) is 1.55. The predicted octanol–water partition coefficient (Wildman–Crippen LogP) is 5.03. The molecule has 0 fully saturated rings. The number of hydrogen-bond acceptors (Lipinski definition) is 6. The van der Waals surface area contributed by atoms with Crippen LogP contribution in [0.2, 0.25) is 0 Å². The van der Waals surface area contributed by atoms with Crippen LogP contribution in [-0.4, -0.2) is 24.4 Å². The molecule has 3 aromatic rings. The first kappa shape index (κ1) is 21.4. The first-order valence-electron chi connectivity index (χ1n) is 8.76. The summed E-state index contributed by atoms with van der Waals surface area (Å²) in [4.78, 5) is 17.3. The quantitative estimate of drug-likeness (QED) is 0.542. The molecule has 0 saturated carbocycles. The monoisotopic (exact) mass is 437 g/mol. The standard InChI is InChI=1S/C20H18F3N3O3S/c1-12-17(30-19(25-12)26-14-8-4-6-10-16(14)28-2)18(27)24-11-13-7-3-5-9-15(13)29-20(21,22)23/h3-10H,11H2,1-2H3,(H,24,27)(H,25,26). The summed E-state index contributed by atoms with van der Waals surface area (Å²) < 4.78 is 46.9. The van der Waals surface area contributed by atoms with Crippen molar-refractivity contribution in [1.29, 1.82) is 0 Å². The Balaban J connectivity index is 1.70. The van der Waals surface area contributed by atoms with Gasteiger partial charge in [-0.25, -0.2) is 4.98 Å². The second kappa shape index (κ2) is 9.04. The normalized spacial score (nSPS) is 11.1. The Morgan fingerprint density at radius 3 is 2.47 bits per heavy atom. The summed E-state index contributed by atoms with van der Waals surface area (Å²) >= 11 is 1.13. The SMILES string of the molecule is COc1ccccc1Nc1nc(C)c(C(=O)NCc2ccccc2OC(F)(F)F)s1. The molecule has 3 rings (SSSR count). The molecule has 0 atom stereocenters. The van der Waals surface area contributed by atoms with Crippen molar-refractivity contribution in [2.45, 2.75) is 19.8 Å². The van der Waals surface area contributed by atoms with E-state index >= 15 is 0 Å². The van der Waals surface area contributed by atoms with Crippen molar-refractivity contribution in [3.05, 3.63) is 64.7 Å². The lowest BCUT2D eigenvalue weighted by Crippen LogP contribution is -2.24. The van der Waals surface area contributed by atoms with Gasteiger partial charge >= 0.3 is 6.36 Å². The van der Waals surface area contributed by atoms with E-state index in [0.29, 0.717) is 27.1 Å². The molecule has 6 nitrogen and oxygen atoms in total. The molecule has 0 unspecified atom stereocenters. The van der Waals surface area contributed by atoms with Gasteiger partial charge in [-0.05, 0) is 25.1 Å². The van der Waals surface area contributed by atoms with E-state index in [1.165, 1.54) is 18.2 Å². The molecule has 158 valence electrons. The third kappa shape index (κ3) is 5.41. The Bertz CT molecular complexity index is 1040. The summed E-state index contributed by atoms with van der Waals surface area (Å²) in [6.45, 7) is 1.55. The molecule has 0 bridgehead atoms. The smallest absolute Gasteiger partial charge is 0.495 e. The predicted molar refractivity (Wildman–Crippen MR) is 107 cm³/mol. The van der Waals surface area contributed by atoms with Crippen LogP contribution in [-0.2, 0) is 6.54 Å². The van der Waals surface area contributed by atoms with E-state index in [9.17, 15) is 18.0 Å². The minimum atomic E-state index is -4.81. The van der Waals surface area contributed by atoms with E-state index in [4.69, 9.17) is 4.74 Å². The van der Waals surface area contributed by atoms with Crippen LogP contribution >= 0.6 is 11.3 Å². The second-order valence-electron chi connectivity index (χ2n) is 6.10. The maximum atomic E-state index is 12.6. The number of ether oxygens (including phenoxy) is 2. The second-order valence-corrected chi connectivity index (χ2v) is 7.10. The summed E-state index contributed by atoms with van der Waals surface area (Å²) in [5.41, 5.74) is 1.39. The Morgan fingerprint density at radius 2 is 1.77 bits per heavy atom. The van der Waals surface area contributed by atoms with E-state index in [-0.39, 0.29) is 17.9 Å². The average molecular weight is 437 g/mol. The van der Waals surface area contributed by atoms with Gasteiger partial charge in [0.15, 0.2) is 5.13 Å². The van der Waals surface area contributed by atoms with Crippen molar-refractivity contribution in [3.63, 3.8) is 0 Å². The number of halogens is 3. The fourth-order valence-electron chi connectivity index (χ4n) is 2.65. The van der Waals surface area contributed by atoms with Crippen molar-refractivity contribution in [1.82, 2.24) is 10.3 Å². The van der Waals surface area contributed by atoms with Gasteiger partial charge in [-0.3, -0.25) is 4.79 Å². The van der Waals surface area contributed by atoms with Crippen LogP contribution < -0.4 is 20.1 Å². The van der Waals surface area contributed by atoms with Gasteiger partial charge in [0.2, 0.25) is 0 Å². The van der Waals surface area contributed by atoms with Crippen molar-refractivity contribution in [3.8, 4) is 11.5 Å². The number of benzene rings is 2. The number of thiazole rings is 1. The number of nitrogens with zero attached hydrogens (tertiary/aromatic N) is 1. The highest BCUT2D eigenvalue weighted by atomic mass is 32.1. The van der Waals surface area contributed by atoms with Gasteiger partial charge in [0.25, 0.3) is 5.91 Å². The van der Waals surface area contributed by atoms with E-state index in [1.807, 2.05) is 18.2 Å². The summed E-state index contributed by atoms with van der Waals surface area (Å²) in [5.74, 6) is -0.178. The third-order valence-corrected chi connectivity index (χ3v) is 5.06. The van der Waals surface area contributed by atoms with Crippen LogP contribution in [0.15, 0.2) is 48.5 Å². The van der Waals surface area contributed by atoms with Crippen molar-refractivity contribution in [2.75, 3.05) is 12.4 Å². The number of anilines is 2. The number of amides is 1. The van der Waals surface area contributed by atoms with Gasteiger partial charge < -0.3 is 20.1 Å².